The molecule has 13 heavy (non-hydrogen) atoms. The first-order chi connectivity index (χ1) is 6.24. The maximum absolute atomic E-state index is 5.60. The molecule has 0 spiro atoms. The minimum Gasteiger partial charge on any atom is -0.397 e. The fourth-order valence-corrected chi connectivity index (χ4v) is 0.942. The number of benzene rings is 1. The third kappa shape index (κ3) is 2.69. The molecule has 0 fully saturated rings. The van der Waals surface area contributed by atoms with Gasteiger partial charge in [0.2, 0.25) is 0 Å². The summed E-state index contributed by atoms with van der Waals surface area (Å²) in [6.45, 7) is 0.777. The molecule has 0 heterocycles. The van der Waals surface area contributed by atoms with Gasteiger partial charge in [-0.25, -0.2) is 0 Å². The van der Waals surface area contributed by atoms with Gasteiger partial charge in [-0.3, -0.25) is 0 Å². The lowest BCUT2D eigenvalue weighted by molar-refractivity contribution is 0.153. The standard InChI is InChI=1S/C10H12N2O/c1-2-5-13-7-8-3-4-9(11)10(12)6-8/h1,3-4,6H,5,7,11-12H2. The predicted molar refractivity (Wildman–Crippen MR) is 53.8 cm³/mol. The lowest BCUT2D eigenvalue weighted by Gasteiger charge is -2.04. The van der Waals surface area contributed by atoms with E-state index < -0.39 is 0 Å². The molecule has 68 valence electrons. The summed E-state index contributed by atoms with van der Waals surface area (Å²) in [6.07, 6.45) is 5.03. The normalized spacial score (nSPS) is 9.46. The van der Waals surface area contributed by atoms with E-state index in [1.54, 1.807) is 12.1 Å². The molecule has 0 radical (unpaired) electrons. The van der Waals surface area contributed by atoms with E-state index in [0.717, 1.165) is 5.56 Å². The molecule has 1 aromatic carbocycles. The molecule has 0 aliphatic heterocycles. The fraction of sp³-hybridized carbons (Fsp3) is 0.200. The maximum Gasteiger partial charge on any atom is 0.107 e. The zero-order valence-electron chi connectivity index (χ0n) is 7.29. The molecule has 0 atom stereocenters. The Kier molecular flexibility index (Phi) is 3.18. The van der Waals surface area contributed by atoms with E-state index in [4.69, 9.17) is 22.6 Å². The van der Waals surface area contributed by atoms with Crippen LogP contribution in [0, 0.1) is 12.3 Å². The van der Waals surface area contributed by atoms with Crippen molar-refractivity contribution < 1.29 is 4.74 Å². The van der Waals surface area contributed by atoms with Gasteiger partial charge in [0.25, 0.3) is 0 Å². The quantitative estimate of drug-likeness (QED) is 0.410. The second kappa shape index (κ2) is 4.39. The van der Waals surface area contributed by atoms with E-state index in [1.807, 2.05) is 6.07 Å². The van der Waals surface area contributed by atoms with E-state index in [9.17, 15) is 0 Å². The van der Waals surface area contributed by atoms with Crippen LogP contribution in [0.5, 0.6) is 0 Å². The first-order valence-corrected chi connectivity index (χ1v) is 3.89. The Morgan fingerprint density at radius 1 is 1.31 bits per heavy atom. The van der Waals surface area contributed by atoms with Crippen molar-refractivity contribution in [2.75, 3.05) is 18.1 Å². The smallest absolute Gasteiger partial charge is 0.107 e. The number of terminal acetylenes is 1. The molecule has 0 amide bonds. The van der Waals surface area contributed by atoms with Crippen molar-refractivity contribution in [1.29, 1.82) is 0 Å². The molecule has 3 nitrogen and oxygen atoms in total. The SMILES string of the molecule is C#CCOCc1ccc(N)c(N)c1. The zero-order chi connectivity index (χ0) is 9.68. The van der Waals surface area contributed by atoms with Crippen LogP contribution in [0.15, 0.2) is 18.2 Å². The highest BCUT2D eigenvalue weighted by atomic mass is 16.5. The number of nitrogens with two attached hydrogens (primary N) is 2. The summed E-state index contributed by atoms with van der Waals surface area (Å²) in [5.74, 6) is 2.39. The van der Waals surface area contributed by atoms with E-state index in [0.29, 0.717) is 24.6 Å². The van der Waals surface area contributed by atoms with Crippen molar-refractivity contribution in [1.82, 2.24) is 0 Å². The van der Waals surface area contributed by atoms with Crippen LogP contribution >= 0.6 is 0 Å². The molecule has 0 aliphatic carbocycles. The van der Waals surface area contributed by atoms with Crippen molar-refractivity contribution in [3.05, 3.63) is 23.8 Å². The van der Waals surface area contributed by atoms with E-state index >= 15 is 0 Å². The monoisotopic (exact) mass is 176 g/mol. The number of anilines is 2. The molecule has 0 saturated carbocycles. The van der Waals surface area contributed by atoms with Crippen LogP contribution in [0.4, 0.5) is 11.4 Å². The van der Waals surface area contributed by atoms with Crippen LogP contribution in [0.1, 0.15) is 5.56 Å². The Labute approximate surface area is 77.7 Å². The number of rotatable bonds is 3. The predicted octanol–water partition coefficient (Wildman–Crippen LogP) is 1.00. The first-order valence-electron chi connectivity index (χ1n) is 3.89. The molecule has 1 rings (SSSR count). The molecular formula is C10H12N2O. The first kappa shape index (κ1) is 9.43. The number of nitrogen functional groups attached to an aromatic ring is 2. The number of hydrogen-bond donors (Lipinski definition) is 2. The van der Waals surface area contributed by atoms with Gasteiger partial charge in [-0.15, -0.1) is 6.42 Å². The fourth-order valence-electron chi connectivity index (χ4n) is 0.942. The summed E-state index contributed by atoms with van der Waals surface area (Å²) >= 11 is 0. The van der Waals surface area contributed by atoms with Gasteiger partial charge < -0.3 is 16.2 Å². The van der Waals surface area contributed by atoms with Crippen molar-refractivity contribution in [3.63, 3.8) is 0 Å². The van der Waals surface area contributed by atoms with Gasteiger partial charge in [0.05, 0.1) is 18.0 Å². The van der Waals surface area contributed by atoms with Crippen molar-refractivity contribution in [3.8, 4) is 12.3 Å². The third-order valence-corrected chi connectivity index (χ3v) is 1.61. The molecule has 0 unspecified atom stereocenters. The van der Waals surface area contributed by atoms with Gasteiger partial charge >= 0.3 is 0 Å². The summed E-state index contributed by atoms with van der Waals surface area (Å²) in [5.41, 5.74) is 13.3. The summed E-state index contributed by atoms with van der Waals surface area (Å²) in [7, 11) is 0. The maximum atomic E-state index is 5.60. The Hall–Kier alpha value is -1.66. The van der Waals surface area contributed by atoms with Crippen molar-refractivity contribution in [2.45, 2.75) is 6.61 Å². The lowest BCUT2D eigenvalue weighted by atomic mass is 10.2. The molecule has 0 saturated heterocycles. The average Bonchev–Trinajstić information content (AvgIpc) is 2.12. The molecule has 3 heteroatoms. The number of ether oxygens (including phenoxy) is 1. The Morgan fingerprint density at radius 2 is 2.08 bits per heavy atom. The summed E-state index contributed by atoms with van der Waals surface area (Å²) < 4.78 is 5.13. The molecule has 0 aliphatic rings. The third-order valence-electron chi connectivity index (χ3n) is 1.61. The average molecular weight is 176 g/mol. The van der Waals surface area contributed by atoms with E-state index in [1.165, 1.54) is 0 Å². The van der Waals surface area contributed by atoms with E-state index in [2.05, 4.69) is 5.92 Å². The van der Waals surface area contributed by atoms with Crippen LogP contribution in [0.2, 0.25) is 0 Å². The molecule has 4 N–H and O–H groups in total. The van der Waals surface area contributed by atoms with Crippen LogP contribution in [-0.4, -0.2) is 6.61 Å². The van der Waals surface area contributed by atoms with Gasteiger partial charge in [-0.05, 0) is 17.7 Å². The molecular weight excluding hydrogens is 164 g/mol. The second-order valence-corrected chi connectivity index (χ2v) is 2.66. The number of hydrogen-bond acceptors (Lipinski definition) is 3. The summed E-state index contributed by atoms with van der Waals surface area (Å²) in [6, 6.07) is 5.40. The lowest BCUT2D eigenvalue weighted by Crippen LogP contribution is -1.98. The minimum absolute atomic E-state index is 0.310. The van der Waals surface area contributed by atoms with Crippen LogP contribution in [0.25, 0.3) is 0 Å². The highest BCUT2D eigenvalue weighted by molar-refractivity contribution is 5.63. The topological polar surface area (TPSA) is 61.3 Å². The van der Waals surface area contributed by atoms with Crippen molar-refractivity contribution in [2.24, 2.45) is 0 Å². The van der Waals surface area contributed by atoms with Crippen LogP contribution < -0.4 is 11.5 Å². The van der Waals surface area contributed by atoms with Gasteiger partial charge in [0, 0.05) is 0 Å². The highest BCUT2D eigenvalue weighted by Crippen LogP contribution is 2.16. The summed E-state index contributed by atoms with van der Waals surface area (Å²) in [4.78, 5) is 0. The Bertz CT molecular complexity index is 328. The Balaban J connectivity index is 2.59. The molecule has 0 aromatic heterocycles. The van der Waals surface area contributed by atoms with Crippen molar-refractivity contribution >= 4 is 11.4 Å². The molecule has 1 aromatic rings. The molecule has 0 bridgehead atoms. The highest BCUT2D eigenvalue weighted by Gasteiger charge is 1.96. The van der Waals surface area contributed by atoms with Gasteiger partial charge in [-0.2, -0.15) is 0 Å². The second-order valence-electron chi connectivity index (χ2n) is 2.66. The zero-order valence-corrected chi connectivity index (χ0v) is 7.29. The van der Waals surface area contributed by atoms with Gasteiger partial charge in [-0.1, -0.05) is 12.0 Å². The minimum atomic E-state index is 0.310. The van der Waals surface area contributed by atoms with Crippen LogP contribution in [-0.2, 0) is 11.3 Å². The Morgan fingerprint density at radius 3 is 2.69 bits per heavy atom. The van der Waals surface area contributed by atoms with E-state index in [-0.39, 0.29) is 0 Å². The van der Waals surface area contributed by atoms with Gasteiger partial charge in [0.1, 0.15) is 6.61 Å². The van der Waals surface area contributed by atoms with Gasteiger partial charge in [0.15, 0.2) is 0 Å². The van der Waals surface area contributed by atoms with Crippen LogP contribution in [0.3, 0.4) is 0 Å². The summed E-state index contributed by atoms with van der Waals surface area (Å²) in [5, 5.41) is 0. The largest absolute Gasteiger partial charge is 0.397 e.